The van der Waals surface area contributed by atoms with Gasteiger partial charge in [-0.1, -0.05) is 19.0 Å². The van der Waals surface area contributed by atoms with E-state index in [1.807, 2.05) is 0 Å². The normalized spacial score (nSPS) is 12.4. The fourth-order valence-corrected chi connectivity index (χ4v) is 2.66. The van der Waals surface area contributed by atoms with Crippen molar-refractivity contribution in [3.8, 4) is 0 Å². The number of nitrogens with one attached hydrogen (secondary N) is 1. The van der Waals surface area contributed by atoms with Gasteiger partial charge in [0.1, 0.15) is 6.04 Å². The molecule has 118 valence electrons. The summed E-state index contributed by atoms with van der Waals surface area (Å²) in [5.41, 5.74) is 0.462. The van der Waals surface area contributed by atoms with E-state index in [2.05, 4.69) is 29.3 Å². The zero-order valence-corrected chi connectivity index (χ0v) is 13.9. The van der Waals surface area contributed by atoms with Crippen molar-refractivity contribution in [2.45, 2.75) is 40.2 Å². The summed E-state index contributed by atoms with van der Waals surface area (Å²) in [4.78, 5) is 28.3. The van der Waals surface area contributed by atoms with Crippen LogP contribution >= 0.6 is 11.3 Å². The van der Waals surface area contributed by atoms with E-state index in [9.17, 15) is 9.59 Å². The first-order chi connectivity index (χ1) is 10.4. The molecule has 0 spiro atoms. The van der Waals surface area contributed by atoms with Crippen molar-refractivity contribution in [3.05, 3.63) is 33.6 Å². The quantitative estimate of drug-likeness (QED) is 0.827. The van der Waals surface area contributed by atoms with Crippen LogP contribution in [0.15, 0.2) is 16.0 Å². The van der Waals surface area contributed by atoms with Gasteiger partial charge in [0.15, 0.2) is 11.6 Å². The second-order valence-electron chi connectivity index (χ2n) is 5.60. The first-order valence-electron chi connectivity index (χ1n) is 7.09. The van der Waals surface area contributed by atoms with Crippen LogP contribution in [-0.4, -0.2) is 21.8 Å². The Morgan fingerprint density at radius 2 is 2.09 bits per heavy atom. The smallest absolute Gasteiger partial charge is 0.252 e. The van der Waals surface area contributed by atoms with Gasteiger partial charge in [0.2, 0.25) is 5.89 Å². The highest BCUT2D eigenvalue weighted by atomic mass is 32.1. The van der Waals surface area contributed by atoms with Crippen LogP contribution in [0.5, 0.6) is 0 Å². The molecule has 0 bridgehead atoms. The maximum atomic E-state index is 12.1. The van der Waals surface area contributed by atoms with E-state index in [1.165, 1.54) is 18.3 Å². The van der Waals surface area contributed by atoms with E-state index in [1.54, 1.807) is 18.4 Å². The standard InChI is InChI=1S/C15H19N3O3S/c1-8(2)5-13-17-15(21-18-13)9(3)16-14(20)11-6-12(10(4)19)22-7-11/h6-9H,5H2,1-4H3,(H,16,20)/t9-/m1/s1. The van der Waals surface area contributed by atoms with E-state index in [4.69, 9.17) is 4.52 Å². The average molecular weight is 321 g/mol. The summed E-state index contributed by atoms with van der Waals surface area (Å²) in [6, 6.07) is 1.20. The Morgan fingerprint density at radius 1 is 1.36 bits per heavy atom. The van der Waals surface area contributed by atoms with Gasteiger partial charge in [0, 0.05) is 11.8 Å². The molecule has 0 saturated carbocycles. The van der Waals surface area contributed by atoms with Crippen molar-refractivity contribution in [2.75, 3.05) is 0 Å². The molecular formula is C15H19N3O3S. The Hall–Kier alpha value is -2.02. The molecule has 0 aliphatic heterocycles. The molecule has 22 heavy (non-hydrogen) atoms. The first-order valence-corrected chi connectivity index (χ1v) is 7.97. The summed E-state index contributed by atoms with van der Waals surface area (Å²) in [6.45, 7) is 7.41. The topological polar surface area (TPSA) is 85.1 Å². The zero-order valence-electron chi connectivity index (χ0n) is 13.0. The highest BCUT2D eigenvalue weighted by Gasteiger charge is 2.19. The van der Waals surface area contributed by atoms with Crippen LogP contribution in [0.25, 0.3) is 0 Å². The molecule has 1 atom stereocenters. The monoisotopic (exact) mass is 321 g/mol. The predicted octanol–water partition coefficient (Wildman–Crippen LogP) is 3.02. The lowest BCUT2D eigenvalue weighted by Gasteiger charge is -2.08. The van der Waals surface area contributed by atoms with Crippen LogP contribution in [0.2, 0.25) is 0 Å². The number of amides is 1. The van der Waals surface area contributed by atoms with Crippen molar-refractivity contribution in [1.82, 2.24) is 15.5 Å². The first kappa shape index (κ1) is 16.4. The van der Waals surface area contributed by atoms with Crippen LogP contribution in [0.1, 0.15) is 65.5 Å². The summed E-state index contributed by atoms with van der Waals surface area (Å²) in [5, 5.41) is 8.36. The largest absolute Gasteiger partial charge is 0.340 e. The number of nitrogens with zero attached hydrogens (tertiary/aromatic N) is 2. The number of carbonyl (C=O) groups excluding carboxylic acids is 2. The van der Waals surface area contributed by atoms with Crippen molar-refractivity contribution in [2.24, 2.45) is 5.92 Å². The fourth-order valence-electron chi connectivity index (χ4n) is 1.87. The number of thiophene rings is 1. The molecular weight excluding hydrogens is 302 g/mol. The van der Waals surface area contributed by atoms with Crippen LogP contribution in [0.4, 0.5) is 0 Å². The highest BCUT2D eigenvalue weighted by Crippen LogP contribution is 2.17. The molecule has 2 heterocycles. The molecule has 0 radical (unpaired) electrons. The Bertz CT molecular complexity index is 675. The number of hydrogen-bond donors (Lipinski definition) is 1. The summed E-state index contributed by atoms with van der Waals surface area (Å²) in [5.74, 6) is 1.14. The summed E-state index contributed by atoms with van der Waals surface area (Å²) in [6.07, 6.45) is 0.733. The Morgan fingerprint density at radius 3 is 2.68 bits per heavy atom. The van der Waals surface area contributed by atoms with Crippen LogP contribution in [0.3, 0.4) is 0 Å². The lowest BCUT2D eigenvalue weighted by Crippen LogP contribution is -2.26. The van der Waals surface area contributed by atoms with Crippen molar-refractivity contribution < 1.29 is 14.1 Å². The van der Waals surface area contributed by atoms with Gasteiger partial charge in [-0.05, 0) is 25.8 Å². The molecule has 6 nitrogen and oxygen atoms in total. The molecule has 0 aliphatic rings. The third-order valence-electron chi connectivity index (χ3n) is 3.00. The Labute approximate surface area is 132 Å². The van der Waals surface area contributed by atoms with E-state index in [-0.39, 0.29) is 17.7 Å². The molecule has 2 aromatic heterocycles. The van der Waals surface area contributed by atoms with Gasteiger partial charge in [-0.2, -0.15) is 4.98 Å². The van der Waals surface area contributed by atoms with Crippen LogP contribution in [-0.2, 0) is 6.42 Å². The second kappa shape index (κ2) is 6.83. The summed E-state index contributed by atoms with van der Waals surface area (Å²) >= 11 is 1.26. The number of ketones is 1. The van der Waals surface area contributed by atoms with E-state index >= 15 is 0 Å². The lowest BCUT2D eigenvalue weighted by atomic mass is 10.1. The summed E-state index contributed by atoms with van der Waals surface area (Å²) < 4.78 is 5.18. The second-order valence-corrected chi connectivity index (χ2v) is 6.51. The van der Waals surface area contributed by atoms with Crippen molar-refractivity contribution in [1.29, 1.82) is 0 Å². The molecule has 2 aromatic rings. The van der Waals surface area contributed by atoms with Crippen molar-refractivity contribution >= 4 is 23.0 Å². The number of aromatic nitrogens is 2. The highest BCUT2D eigenvalue weighted by molar-refractivity contribution is 7.12. The van der Waals surface area contributed by atoms with Gasteiger partial charge in [-0.25, -0.2) is 0 Å². The number of Topliss-reactive ketones (excluding diaryl/α,β-unsaturated/α-hetero) is 1. The molecule has 0 saturated heterocycles. The van der Waals surface area contributed by atoms with E-state index < -0.39 is 0 Å². The minimum atomic E-state index is -0.387. The molecule has 0 aromatic carbocycles. The third-order valence-corrected chi connectivity index (χ3v) is 4.03. The van der Waals surface area contributed by atoms with E-state index in [0.717, 1.165) is 6.42 Å². The van der Waals surface area contributed by atoms with Gasteiger partial charge in [-0.3, -0.25) is 9.59 Å². The Balaban J connectivity index is 2.01. The molecule has 0 fully saturated rings. The summed E-state index contributed by atoms with van der Waals surface area (Å²) in [7, 11) is 0. The average Bonchev–Trinajstić information content (AvgIpc) is 3.06. The van der Waals surface area contributed by atoms with Gasteiger partial charge in [-0.15, -0.1) is 11.3 Å². The Kier molecular flexibility index (Phi) is 5.07. The number of rotatable bonds is 6. The fraction of sp³-hybridized carbons (Fsp3) is 0.467. The van der Waals surface area contributed by atoms with Crippen molar-refractivity contribution in [3.63, 3.8) is 0 Å². The van der Waals surface area contributed by atoms with E-state index in [0.29, 0.717) is 28.1 Å². The number of carbonyl (C=O) groups is 2. The SMILES string of the molecule is CC(=O)c1cc(C(=O)N[C@H](C)c2nc(CC(C)C)no2)cs1. The molecule has 1 amide bonds. The molecule has 7 heteroatoms. The number of hydrogen-bond acceptors (Lipinski definition) is 6. The predicted molar refractivity (Wildman–Crippen MR) is 83.0 cm³/mol. The molecule has 0 unspecified atom stereocenters. The molecule has 1 N–H and O–H groups in total. The maximum Gasteiger partial charge on any atom is 0.252 e. The van der Waals surface area contributed by atoms with Crippen LogP contribution in [0, 0.1) is 5.92 Å². The zero-order chi connectivity index (χ0) is 16.3. The molecule has 2 rings (SSSR count). The van der Waals surface area contributed by atoms with Gasteiger partial charge in [0.25, 0.3) is 5.91 Å². The van der Waals surface area contributed by atoms with Crippen LogP contribution < -0.4 is 5.32 Å². The van der Waals surface area contributed by atoms with Gasteiger partial charge >= 0.3 is 0 Å². The molecule has 0 aliphatic carbocycles. The lowest BCUT2D eigenvalue weighted by molar-refractivity contribution is 0.0933. The minimum absolute atomic E-state index is 0.0488. The van der Waals surface area contributed by atoms with Gasteiger partial charge < -0.3 is 9.84 Å². The minimum Gasteiger partial charge on any atom is -0.340 e. The third kappa shape index (κ3) is 4.00. The van der Waals surface area contributed by atoms with Gasteiger partial charge in [0.05, 0.1) is 10.4 Å². The maximum absolute atomic E-state index is 12.1.